The topological polar surface area (TPSA) is 69.9 Å². The molecule has 1 aromatic carbocycles. The van der Waals surface area contributed by atoms with Crippen LogP contribution < -0.4 is 10.6 Å². The molecule has 6 nitrogen and oxygen atoms in total. The van der Waals surface area contributed by atoms with E-state index in [1.807, 2.05) is 56.3 Å². The Morgan fingerprint density at radius 1 is 1.20 bits per heavy atom. The van der Waals surface area contributed by atoms with Gasteiger partial charge in [0, 0.05) is 14.1 Å². The van der Waals surface area contributed by atoms with Gasteiger partial charge in [0.15, 0.2) is 5.96 Å². The van der Waals surface area contributed by atoms with Gasteiger partial charge >= 0.3 is 0 Å². The van der Waals surface area contributed by atoms with Gasteiger partial charge in [-0.3, -0.25) is 4.79 Å². The van der Waals surface area contributed by atoms with Gasteiger partial charge in [0.1, 0.15) is 11.5 Å². The first-order valence-corrected chi connectivity index (χ1v) is 8.31. The van der Waals surface area contributed by atoms with Crippen molar-refractivity contribution in [3.05, 3.63) is 59.5 Å². The lowest BCUT2D eigenvalue weighted by atomic mass is 10.2. The minimum Gasteiger partial charge on any atom is -0.464 e. The van der Waals surface area contributed by atoms with Gasteiger partial charge in [-0.1, -0.05) is 30.3 Å². The molecule has 0 aliphatic rings. The molecular weight excluding hydrogens is 316 g/mol. The zero-order valence-corrected chi connectivity index (χ0v) is 15.2. The molecule has 25 heavy (non-hydrogen) atoms. The van der Waals surface area contributed by atoms with Gasteiger partial charge < -0.3 is 20.0 Å². The maximum absolute atomic E-state index is 11.8. The summed E-state index contributed by atoms with van der Waals surface area (Å²) in [5, 5.41) is 6.37. The molecule has 134 valence electrons. The fraction of sp³-hybridized carbons (Fsp3) is 0.368. The van der Waals surface area contributed by atoms with Gasteiger partial charge in [-0.15, -0.1) is 0 Å². The van der Waals surface area contributed by atoms with E-state index >= 15 is 0 Å². The van der Waals surface area contributed by atoms with E-state index in [0.29, 0.717) is 12.5 Å². The van der Waals surface area contributed by atoms with Crippen molar-refractivity contribution in [2.24, 2.45) is 4.99 Å². The molecule has 6 heteroatoms. The van der Waals surface area contributed by atoms with Crippen molar-refractivity contribution >= 4 is 11.9 Å². The molecule has 0 bridgehead atoms. The first-order chi connectivity index (χ1) is 12.0. The monoisotopic (exact) mass is 342 g/mol. The SMILES string of the molecule is Cc1ccc(C(C)NC(=NCc2ccccc2)NCC(=O)N(C)C)o1. The maximum Gasteiger partial charge on any atom is 0.241 e. The number of furan rings is 1. The number of aryl methyl sites for hydroxylation is 1. The van der Waals surface area contributed by atoms with E-state index in [4.69, 9.17) is 4.42 Å². The number of amides is 1. The highest BCUT2D eigenvalue weighted by Gasteiger charge is 2.13. The predicted octanol–water partition coefficient (Wildman–Crippen LogP) is 2.47. The fourth-order valence-electron chi connectivity index (χ4n) is 2.19. The standard InChI is InChI=1S/C19H26N4O2/c1-14-10-11-17(25-14)15(2)22-19(21-13-18(24)23(3)4)20-12-16-8-6-5-7-9-16/h5-11,15H,12-13H2,1-4H3,(H2,20,21,22). The third kappa shape index (κ3) is 5.99. The summed E-state index contributed by atoms with van der Waals surface area (Å²) in [6.07, 6.45) is 0. The summed E-state index contributed by atoms with van der Waals surface area (Å²) in [6, 6.07) is 13.8. The number of guanidine groups is 1. The summed E-state index contributed by atoms with van der Waals surface area (Å²) < 4.78 is 5.65. The number of likely N-dealkylation sites (N-methyl/N-ethyl adjacent to an activating group) is 1. The Morgan fingerprint density at radius 2 is 1.92 bits per heavy atom. The summed E-state index contributed by atoms with van der Waals surface area (Å²) in [6.45, 7) is 4.61. The van der Waals surface area contributed by atoms with E-state index in [-0.39, 0.29) is 18.5 Å². The van der Waals surface area contributed by atoms with Crippen LogP contribution in [0.3, 0.4) is 0 Å². The largest absolute Gasteiger partial charge is 0.464 e. The molecule has 0 saturated carbocycles. The van der Waals surface area contributed by atoms with Gasteiger partial charge in [0.25, 0.3) is 0 Å². The Morgan fingerprint density at radius 3 is 2.52 bits per heavy atom. The minimum absolute atomic E-state index is 0.0179. The van der Waals surface area contributed by atoms with Crippen LogP contribution in [0.2, 0.25) is 0 Å². The molecule has 1 atom stereocenters. The van der Waals surface area contributed by atoms with E-state index in [1.165, 1.54) is 0 Å². The van der Waals surface area contributed by atoms with Crippen molar-refractivity contribution < 1.29 is 9.21 Å². The van der Waals surface area contributed by atoms with Crippen LogP contribution in [0.5, 0.6) is 0 Å². The van der Waals surface area contributed by atoms with Crippen LogP contribution >= 0.6 is 0 Å². The fourth-order valence-corrected chi connectivity index (χ4v) is 2.19. The summed E-state index contributed by atoms with van der Waals surface area (Å²) in [5.41, 5.74) is 1.10. The van der Waals surface area contributed by atoms with Crippen LogP contribution in [0.15, 0.2) is 51.9 Å². The minimum atomic E-state index is -0.0646. The zero-order valence-electron chi connectivity index (χ0n) is 15.2. The lowest BCUT2D eigenvalue weighted by Crippen LogP contribution is -2.43. The molecule has 0 fully saturated rings. The van der Waals surface area contributed by atoms with Crippen LogP contribution in [0, 0.1) is 6.92 Å². The molecule has 2 N–H and O–H groups in total. The summed E-state index contributed by atoms with van der Waals surface area (Å²) in [5.74, 6) is 2.24. The number of hydrogen-bond acceptors (Lipinski definition) is 3. The molecule has 2 rings (SSSR count). The third-order valence-corrected chi connectivity index (χ3v) is 3.71. The first-order valence-electron chi connectivity index (χ1n) is 8.31. The number of benzene rings is 1. The lowest BCUT2D eigenvalue weighted by molar-refractivity contribution is -0.127. The van der Waals surface area contributed by atoms with Crippen LogP contribution in [0.4, 0.5) is 0 Å². The molecule has 0 aliphatic heterocycles. The van der Waals surface area contributed by atoms with Crippen molar-refractivity contribution in [1.29, 1.82) is 0 Å². The summed E-state index contributed by atoms with van der Waals surface area (Å²) in [7, 11) is 3.46. The van der Waals surface area contributed by atoms with Crippen molar-refractivity contribution in [2.45, 2.75) is 26.4 Å². The zero-order chi connectivity index (χ0) is 18.2. The Balaban J connectivity index is 2.06. The van der Waals surface area contributed by atoms with E-state index in [2.05, 4.69) is 15.6 Å². The number of aliphatic imine (C=N–C) groups is 1. The molecule has 1 unspecified atom stereocenters. The molecule has 1 heterocycles. The molecule has 0 aliphatic carbocycles. The van der Waals surface area contributed by atoms with Crippen molar-refractivity contribution in [2.75, 3.05) is 20.6 Å². The maximum atomic E-state index is 11.8. The van der Waals surface area contributed by atoms with Gasteiger partial charge in [0.05, 0.1) is 19.1 Å². The van der Waals surface area contributed by atoms with Crippen LogP contribution in [0.1, 0.15) is 30.0 Å². The van der Waals surface area contributed by atoms with Crippen molar-refractivity contribution in [3.8, 4) is 0 Å². The third-order valence-electron chi connectivity index (χ3n) is 3.71. The summed E-state index contributed by atoms with van der Waals surface area (Å²) >= 11 is 0. The van der Waals surface area contributed by atoms with Gasteiger partial charge in [-0.05, 0) is 31.5 Å². The van der Waals surface area contributed by atoms with Crippen LogP contribution in [0.25, 0.3) is 0 Å². The number of carbonyl (C=O) groups excluding carboxylic acids is 1. The molecule has 2 aromatic rings. The average molecular weight is 342 g/mol. The number of rotatable bonds is 6. The second-order valence-corrected chi connectivity index (χ2v) is 6.11. The molecule has 1 aromatic heterocycles. The van der Waals surface area contributed by atoms with E-state index < -0.39 is 0 Å². The highest BCUT2D eigenvalue weighted by molar-refractivity contribution is 5.86. The first kappa shape index (κ1) is 18.6. The van der Waals surface area contributed by atoms with Crippen molar-refractivity contribution in [3.63, 3.8) is 0 Å². The Hall–Kier alpha value is -2.76. The Kier molecular flexibility index (Phi) is 6.62. The predicted molar refractivity (Wildman–Crippen MR) is 99.3 cm³/mol. The quantitative estimate of drug-likeness (QED) is 0.625. The van der Waals surface area contributed by atoms with Gasteiger partial charge in [0.2, 0.25) is 5.91 Å². The van der Waals surface area contributed by atoms with Gasteiger partial charge in [-0.25, -0.2) is 4.99 Å². The number of hydrogen-bond donors (Lipinski definition) is 2. The van der Waals surface area contributed by atoms with E-state index in [9.17, 15) is 4.79 Å². The van der Waals surface area contributed by atoms with Crippen LogP contribution in [-0.4, -0.2) is 37.4 Å². The molecule has 0 radical (unpaired) electrons. The Bertz CT molecular complexity index is 707. The highest BCUT2D eigenvalue weighted by atomic mass is 16.3. The highest BCUT2D eigenvalue weighted by Crippen LogP contribution is 2.15. The number of nitrogens with zero attached hydrogens (tertiary/aromatic N) is 2. The molecular formula is C19H26N4O2. The number of carbonyl (C=O) groups is 1. The Labute approximate surface area is 148 Å². The number of nitrogens with one attached hydrogen (secondary N) is 2. The smallest absolute Gasteiger partial charge is 0.241 e. The molecule has 1 amide bonds. The molecule has 0 spiro atoms. The normalized spacial score (nSPS) is 12.6. The average Bonchev–Trinajstić information content (AvgIpc) is 3.04. The van der Waals surface area contributed by atoms with E-state index in [1.54, 1.807) is 19.0 Å². The van der Waals surface area contributed by atoms with Crippen molar-refractivity contribution in [1.82, 2.24) is 15.5 Å². The second kappa shape index (κ2) is 8.92. The molecule has 0 saturated heterocycles. The van der Waals surface area contributed by atoms with Gasteiger partial charge in [-0.2, -0.15) is 0 Å². The second-order valence-electron chi connectivity index (χ2n) is 6.11. The summed E-state index contributed by atoms with van der Waals surface area (Å²) in [4.78, 5) is 18.0. The van der Waals surface area contributed by atoms with E-state index in [0.717, 1.165) is 17.1 Å². The van der Waals surface area contributed by atoms with Crippen LogP contribution in [-0.2, 0) is 11.3 Å². The lowest BCUT2D eigenvalue weighted by Gasteiger charge is -2.18.